The van der Waals surface area contributed by atoms with E-state index >= 15 is 0 Å². The number of para-hydroxylation sites is 1. The molecule has 0 aliphatic carbocycles. The first kappa shape index (κ1) is 13.6. The zero-order valence-electron chi connectivity index (χ0n) is 12.0. The fourth-order valence-electron chi connectivity index (χ4n) is 2.51. The van der Waals surface area contributed by atoms with Gasteiger partial charge >= 0.3 is 0 Å². The zero-order valence-corrected chi connectivity index (χ0v) is 12.0. The Bertz CT molecular complexity index is 638. The second kappa shape index (κ2) is 5.57. The van der Waals surface area contributed by atoms with Gasteiger partial charge in [0.2, 0.25) is 0 Å². The molecular formula is C15H19N5O. The van der Waals surface area contributed by atoms with Crippen LogP contribution in [0.15, 0.2) is 30.3 Å². The van der Waals surface area contributed by atoms with Gasteiger partial charge in [0, 0.05) is 31.7 Å². The number of hydrogen-bond donors (Lipinski definition) is 2. The van der Waals surface area contributed by atoms with Crippen LogP contribution in [0, 0.1) is 0 Å². The number of nitrogens with zero attached hydrogens (tertiary/aromatic N) is 4. The van der Waals surface area contributed by atoms with Crippen molar-refractivity contribution in [2.75, 3.05) is 43.9 Å². The Hall–Kier alpha value is -2.34. The molecular weight excluding hydrogens is 266 g/mol. The number of piperazine rings is 1. The van der Waals surface area contributed by atoms with E-state index in [1.807, 2.05) is 18.2 Å². The SMILES string of the molecule is CN1CCN(c2cc(-c3ccccc3O)nnc2N)CC1. The Kier molecular flexibility index (Phi) is 3.62. The molecule has 0 unspecified atom stereocenters. The van der Waals surface area contributed by atoms with Crippen LogP contribution >= 0.6 is 0 Å². The van der Waals surface area contributed by atoms with Crippen molar-refractivity contribution in [2.45, 2.75) is 0 Å². The van der Waals surface area contributed by atoms with Crippen LogP contribution in [0.3, 0.4) is 0 Å². The third-order valence-corrected chi connectivity index (χ3v) is 3.83. The molecule has 1 aliphatic rings. The monoisotopic (exact) mass is 285 g/mol. The lowest BCUT2D eigenvalue weighted by molar-refractivity contribution is 0.313. The number of anilines is 2. The molecule has 0 bridgehead atoms. The lowest BCUT2D eigenvalue weighted by Gasteiger charge is -2.34. The number of rotatable bonds is 2. The number of benzene rings is 1. The highest BCUT2D eigenvalue weighted by Crippen LogP contribution is 2.31. The standard InChI is InChI=1S/C15H19N5O/c1-19-6-8-20(9-7-19)13-10-12(17-18-15(13)16)11-4-2-3-5-14(11)21/h2-5,10,21H,6-9H2,1H3,(H2,16,18). The van der Waals surface area contributed by atoms with Crippen molar-refractivity contribution >= 4 is 11.5 Å². The van der Waals surface area contributed by atoms with Gasteiger partial charge in [0.1, 0.15) is 5.75 Å². The summed E-state index contributed by atoms with van der Waals surface area (Å²) in [5, 5.41) is 18.1. The summed E-state index contributed by atoms with van der Waals surface area (Å²) < 4.78 is 0. The van der Waals surface area contributed by atoms with E-state index in [0.717, 1.165) is 31.9 Å². The predicted molar refractivity (Wildman–Crippen MR) is 83.3 cm³/mol. The molecule has 1 saturated heterocycles. The Balaban J connectivity index is 1.95. The smallest absolute Gasteiger partial charge is 0.169 e. The van der Waals surface area contributed by atoms with Crippen LogP contribution < -0.4 is 10.6 Å². The minimum absolute atomic E-state index is 0.195. The van der Waals surface area contributed by atoms with Crippen molar-refractivity contribution in [1.82, 2.24) is 15.1 Å². The maximum absolute atomic E-state index is 9.95. The van der Waals surface area contributed by atoms with Crippen molar-refractivity contribution in [3.05, 3.63) is 30.3 Å². The zero-order chi connectivity index (χ0) is 14.8. The number of nitrogen functional groups attached to an aromatic ring is 1. The van der Waals surface area contributed by atoms with Crippen LogP contribution in [0.2, 0.25) is 0 Å². The van der Waals surface area contributed by atoms with E-state index in [2.05, 4.69) is 27.0 Å². The number of phenols is 1. The van der Waals surface area contributed by atoms with Crippen LogP contribution in [-0.4, -0.2) is 53.4 Å². The Morgan fingerprint density at radius 2 is 1.81 bits per heavy atom. The summed E-state index contributed by atoms with van der Waals surface area (Å²) in [6, 6.07) is 9.02. The molecule has 1 fully saturated rings. The first-order valence-electron chi connectivity index (χ1n) is 7.00. The molecule has 0 radical (unpaired) electrons. The third-order valence-electron chi connectivity index (χ3n) is 3.83. The van der Waals surface area contributed by atoms with Crippen LogP contribution in [0.4, 0.5) is 11.5 Å². The maximum atomic E-state index is 9.95. The summed E-state index contributed by atoms with van der Waals surface area (Å²) in [4.78, 5) is 4.50. The molecule has 110 valence electrons. The highest BCUT2D eigenvalue weighted by atomic mass is 16.3. The van der Waals surface area contributed by atoms with Crippen molar-refractivity contribution in [3.63, 3.8) is 0 Å². The van der Waals surface area contributed by atoms with Crippen molar-refractivity contribution in [1.29, 1.82) is 0 Å². The first-order chi connectivity index (χ1) is 10.1. The molecule has 1 aromatic heterocycles. The van der Waals surface area contributed by atoms with Gasteiger partial charge in [0.05, 0.1) is 11.4 Å². The minimum Gasteiger partial charge on any atom is -0.507 e. The van der Waals surface area contributed by atoms with E-state index in [-0.39, 0.29) is 5.75 Å². The van der Waals surface area contributed by atoms with Gasteiger partial charge in [-0.3, -0.25) is 0 Å². The van der Waals surface area contributed by atoms with Gasteiger partial charge < -0.3 is 20.6 Å². The summed E-state index contributed by atoms with van der Waals surface area (Å²) in [6.45, 7) is 3.81. The summed E-state index contributed by atoms with van der Waals surface area (Å²) in [5.74, 6) is 0.625. The second-order valence-electron chi connectivity index (χ2n) is 5.31. The number of nitrogens with two attached hydrogens (primary N) is 1. The van der Waals surface area contributed by atoms with Gasteiger partial charge in [0.25, 0.3) is 0 Å². The number of aromatic hydroxyl groups is 1. The van der Waals surface area contributed by atoms with Gasteiger partial charge in [-0.2, -0.15) is 0 Å². The molecule has 6 heteroatoms. The summed E-state index contributed by atoms with van der Waals surface area (Å²) >= 11 is 0. The Morgan fingerprint density at radius 3 is 2.52 bits per heavy atom. The molecule has 21 heavy (non-hydrogen) atoms. The predicted octanol–water partition coefficient (Wildman–Crippen LogP) is 1.18. The molecule has 3 rings (SSSR count). The first-order valence-corrected chi connectivity index (χ1v) is 7.00. The number of aromatic nitrogens is 2. The highest BCUT2D eigenvalue weighted by Gasteiger charge is 2.18. The lowest BCUT2D eigenvalue weighted by Crippen LogP contribution is -2.44. The molecule has 1 aromatic carbocycles. The fourth-order valence-corrected chi connectivity index (χ4v) is 2.51. The fraction of sp³-hybridized carbons (Fsp3) is 0.333. The second-order valence-corrected chi connectivity index (χ2v) is 5.31. The Morgan fingerprint density at radius 1 is 1.10 bits per heavy atom. The van der Waals surface area contributed by atoms with Gasteiger partial charge in [0.15, 0.2) is 5.82 Å². The van der Waals surface area contributed by atoms with E-state index in [9.17, 15) is 5.11 Å². The molecule has 2 aromatic rings. The van der Waals surface area contributed by atoms with E-state index in [4.69, 9.17) is 5.73 Å². The normalized spacial score (nSPS) is 16.1. The van der Waals surface area contributed by atoms with E-state index < -0.39 is 0 Å². The average molecular weight is 285 g/mol. The minimum atomic E-state index is 0.195. The van der Waals surface area contributed by atoms with E-state index in [1.165, 1.54) is 0 Å². The van der Waals surface area contributed by atoms with Crippen LogP contribution in [0.25, 0.3) is 11.3 Å². The highest BCUT2D eigenvalue weighted by molar-refractivity contribution is 5.74. The lowest BCUT2D eigenvalue weighted by atomic mass is 10.1. The van der Waals surface area contributed by atoms with Gasteiger partial charge in [-0.05, 0) is 25.2 Å². The molecule has 1 aliphatic heterocycles. The average Bonchev–Trinajstić information content (AvgIpc) is 2.50. The van der Waals surface area contributed by atoms with Gasteiger partial charge in [-0.25, -0.2) is 0 Å². The van der Waals surface area contributed by atoms with E-state index in [1.54, 1.807) is 12.1 Å². The molecule has 0 saturated carbocycles. The molecule has 6 nitrogen and oxygen atoms in total. The Labute approximate surface area is 123 Å². The van der Waals surface area contributed by atoms with Crippen molar-refractivity contribution in [2.24, 2.45) is 0 Å². The molecule has 0 atom stereocenters. The third kappa shape index (κ3) is 2.75. The quantitative estimate of drug-likeness (QED) is 0.863. The number of phenolic OH excluding ortho intramolecular Hbond substituents is 1. The van der Waals surface area contributed by atoms with Gasteiger partial charge in [-0.1, -0.05) is 12.1 Å². The van der Waals surface area contributed by atoms with Crippen molar-refractivity contribution in [3.8, 4) is 17.0 Å². The summed E-state index contributed by atoms with van der Waals surface area (Å²) in [5.41, 5.74) is 8.17. The summed E-state index contributed by atoms with van der Waals surface area (Å²) in [6.07, 6.45) is 0. The van der Waals surface area contributed by atoms with Crippen LogP contribution in [0.5, 0.6) is 5.75 Å². The molecule has 0 spiro atoms. The van der Waals surface area contributed by atoms with Crippen LogP contribution in [-0.2, 0) is 0 Å². The maximum Gasteiger partial charge on any atom is 0.169 e. The number of hydrogen-bond acceptors (Lipinski definition) is 6. The molecule has 0 amide bonds. The van der Waals surface area contributed by atoms with Crippen molar-refractivity contribution < 1.29 is 5.11 Å². The molecule has 2 heterocycles. The van der Waals surface area contributed by atoms with E-state index in [0.29, 0.717) is 17.1 Å². The molecule has 3 N–H and O–H groups in total. The van der Waals surface area contributed by atoms with Crippen LogP contribution in [0.1, 0.15) is 0 Å². The number of likely N-dealkylation sites (N-methyl/N-ethyl adjacent to an activating group) is 1. The van der Waals surface area contributed by atoms with Gasteiger partial charge in [-0.15, -0.1) is 10.2 Å². The topological polar surface area (TPSA) is 78.5 Å². The summed E-state index contributed by atoms with van der Waals surface area (Å²) in [7, 11) is 2.11. The largest absolute Gasteiger partial charge is 0.507 e.